The van der Waals surface area contributed by atoms with Gasteiger partial charge in [-0.3, -0.25) is 0 Å². The van der Waals surface area contributed by atoms with Crippen molar-refractivity contribution in [2.24, 2.45) is 0 Å². The van der Waals surface area contributed by atoms with E-state index in [0.29, 0.717) is 5.69 Å². The first-order valence-electron chi connectivity index (χ1n) is 6.86. The Morgan fingerprint density at radius 3 is 2.24 bits per heavy atom. The number of anilines is 1. The van der Waals surface area contributed by atoms with Gasteiger partial charge < -0.3 is 15.7 Å². The van der Waals surface area contributed by atoms with E-state index in [1.807, 2.05) is 44.2 Å². The van der Waals surface area contributed by atoms with Crippen LogP contribution in [0.3, 0.4) is 0 Å². The van der Waals surface area contributed by atoms with E-state index in [4.69, 9.17) is 5.11 Å². The smallest absolute Gasteiger partial charge is 0.319 e. The number of urea groups is 1. The fourth-order valence-corrected chi connectivity index (χ4v) is 2.07. The summed E-state index contributed by atoms with van der Waals surface area (Å²) < 4.78 is 0. The van der Waals surface area contributed by atoms with Crippen molar-refractivity contribution in [1.82, 2.24) is 5.32 Å². The predicted molar refractivity (Wildman–Crippen MR) is 84.0 cm³/mol. The van der Waals surface area contributed by atoms with Gasteiger partial charge in [0.1, 0.15) is 0 Å². The molecule has 0 atom stereocenters. The molecule has 0 aliphatic heterocycles. The second-order valence-electron chi connectivity index (χ2n) is 5.43. The number of hydrogen-bond acceptors (Lipinski definition) is 2. The number of aliphatic hydroxyl groups excluding tert-OH is 1. The molecule has 0 aliphatic rings. The molecule has 4 heteroatoms. The Balaban J connectivity index is 2.00. The van der Waals surface area contributed by atoms with Gasteiger partial charge >= 0.3 is 6.03 Å². The molecule has 3 N–H and O–H groups in total. The minimum atomic E-state index is -0.462. The zero-order chi connectivity index (χ0) is 15.3. The van der Waals surface area contributed by atoms with Gasteiger partial charge in [-0.15, -0.1) is 0 Å². The number of aliphatic hydroxyl groups is 1. The number of hydrogen-bond donors (Lipinski definition) is 3. The summed E-state index contributed by atoms with van der Waals surface area (Å²) in [5.41, 5.74) is 2.08. The molecule has 21 heavy (non-hydrogen) atoms. The number of carbonyl (C=O) groups excluding carboxylic acids is 1. The topological polar surface area (TPSA) is 61.4 Å². The molecule has 0 radical (unpaired) electrons. The number of rotatable bonds is 4. The van der Waals surface area contributed by atoms with Crippen molar-refractivity contribution in [2.45, 2.75) is 26.0 Å². The summed E-state index contributed by atoms with van der Waals surface area (Å²) in [6.07, 6.45) is 0. The van der Waals surface area contributed by atoms with E-state index in [1.54, 1.807) is 24.3 Å². The van der Waals surface area contributed by atoms with Crippen LogP contribution in [0.1, 0.15) is 25.0 Å². The van der Waals surface area contributed by atoms with Crippen LogP contribution in [0, 0.1) is 0 Å². The average molecular weight is 284 g/mol. The summed E-state index contributed by atoms with van der Waals surface area (Å²) in [6, 6.07) is 16.6. The molecule has 110 valence electrons. The third-order valence-corrected chi connectivity index (χ3v) is 3.32. The molecule has 0 aromatic heterocycles. The van der Waals surface area contributed by atoms with Crippen LogP contribution in [0.15, 0.2) is 54.6 Å². The molecular formula is C17H20N2O2. The lowest BCUT2D eigenvalue weighted by atomic mass is 9.95. The Bertz CT molecular complexity index is 592. The summed E-state index contributed by atoms with van der Waals surface area (Å²) in [4.78, 5) is 12.1. The van der Waals surface area contributed by atoms with Crippen molar-refractivity contribution in [3.63, 3.8) is 0 Å². The summed E-state index contributed by atoms with van der Waals surface area (Å²) in [5, 5.41) is 14.7. The van der Waals surface area contributed by atoms with Gasteiger partial charge in [-0.2, -0.15) is 0 Å². The summed E-state index contributed by atoms with van der Waals surface area (Å²) >= 11 is 0. The number of carbonyl (C=O) groups is 1. The standard InChI is InChI=1S/C17H20N2O2/c1-17(2,14-6-4-3-5-7-14)19-16(21)18-15-10-8-13(12-20)9-11-15/h3-11,20H,12H2,1-2H3,(H2,18,19,21). The molecule has 0 unspecified atom stereocenters. The highest BCUT2D eigenvalue weighted by atomic mass is 16.3. The first-order valence-corrected chi connectivity index (χ1v) is 6.86. The Hall–Kier alpha value is -2.33. The SMILES string of the molecule is CC(C)(NC(=O)Nc1ccc(CO)cc1)c1ccccc1. The third-order valence-electron chi connectivity index (χ3n) is 3.32. The lowest BCUT2D eigenvalue weighted by Crippen LogP contribution is -2.43. The van der Waals surface area contributed by atoms with Crippen LogP contribution in [-0.4, -0.2) is 11.1 Å². The highest BCUT2D eigenvalue weighted by molar-refractivity contribution is 5.89. The number of amides is 2. The maximum atomic E-state index is 12.1. The molecule has 0 bridgehead atoms. The normalized spacial score (nSPS) is 11.0. The van der Waals surface area contributed by atoms with Gasteiger partial charge in [-0.1, -0.05) is 42.5 Å². The van der Waals surface area contributed by atoms with Crippen LogP contribution >= 0.6 is 0 Å². The van der Waals surface area contributed by atoms with Crippen molar-refractivity contribution in [1.29, 1.82) is 0 Å². The molecule has 0 heterocycles. The zero-order valence-electron chi connectivity index (χ0n) is 12.3. The van der Waals surface area contributed by atoms with E-state index in [-0.39, 0.29) is 12.6 Å². The highest BCUT2D eigenvalue weighted by Gasteiger charge is 2.22. The van der Waals surface area contributed by atoms with Gasteiger partial charge in [0.2, 0.25) is 0 Å². The first kappa shape index (κ1) is 15.1. The maximum Gasteiger partial charge on any atom is 0.319 e. The van der Waals surface area contributed by atoms with Crippen LogP contribution < -0.4 is 10.6 Å². The number of nitrogens with one attached hydrogen (secondary N) is 2. The van der Waals surface area contributed by atoms with Crippen LogP contribution in [-0.2, 0) is 12.1 Å². The maximum absolute atomic E-state index is 12.1. The quantitative estimate of drug-likeness (QED) is 0.807. The van der Waals surface area contributed by atoms with Crippen molar-refractivity contribution in [2.75, 3.05) is 5.32 Å². The molecule has 2 amide bonds. The fraction of sp³-hybridized carbons (Fsp3) is 0.235. The molecule has 0 aliphatic carbocycles. The Kier molecular flexibility index (Phi) is 4.60. The molecule has 0 saturated heterocycles. The van der Waals surface area contributed by atoms with E-state index in [1.165, 1.54) is 0 Å². The van der Waals surface area contributed by atoms with Crippen LogP contribution in [0.25, 0.3) is 0 Å². The highest BCUT2D eigenvalue weighted by Crippen LogP contribution is 2.19. The first-order chi connectivity index (χ1) is 10.0. The monoisotopic (exact) mass is 284 g/mol. The average Bonchev–Trinajstić information content (AvgIpc) is 2.48. The molecule has 2 aromatic carbocycles. The largest absolute Gasteiger partial charge is 0.392 e. The lowest BCUT2D eigenvalue weighted by molar-refractivity contribution is 0.242. The van der Waals surface area contributed by atoms with Crippen molar-refractivity contribution in [3.8, 4) is 0 Å². The van der Waals surface area contributed by atoms with E-state index in [0.717, 1.165) is 11.1 Å². The summed E-state index contributed by atoms with van der Waals surface area (Å²) in [6.45, 7) is 3.90. The minimum absolute atomic E-state index is 0.00643. The second kappa shape index (κ2) is 6.41. The van der Waals surface area contributed by atoms with E-state index in [9.17, 15) is 4.79 Å². The van der Waals surface area contributed by atoms with Crippen molar-refractivity contribution < 1.29 is 9.90 Å². The van der Waals surface area contributed by atoms with Crippen LogP contribution in [0.5, 0.6) is 0 Å². The van der Waals surface area contributed by atoms with Crippen molar-refractivity contribution in [3.05, 3.63) is 65.7 Å². The molecule has 0 saturated carbocycles. The zero-order valence-corrected chi connectivity index (χ0v) is 12.3. The molecule has 2 rings (SSSR count). The van der Waals surface area contributed by atoms with Gasteiger partial charge in [0.25, 0.3) is 0 Å². The van der Waals surface area contributed by atoms with Crippen LogP contribution in [0.4, 0.5) is 10.5 Å². The molecular weight excluding hydrogens is 264 g/mol. The van der Waals surface area contributed by atoms with Gasteiger partial charge in [0.05, 0.1) is 12.1 Å². The lowest BCUT2D eigenvalue weighted by Gasteiger charge is -2.27. The Labute approximate surface area is 124 Å². The Morgan fingerprint density at radius 2 is 1.67 bits per heavy atom. The molecule has 0 fully saturated rings. The summed E-state index contributed by atoms with van der Waals surface area (Å²) in [7, 11) is 0. The van der Waals surface area contributed by atoms with Crippen molar-refractivity contribution >= 4 is 11.7 Å². The molecule has 2 aromatic rings. The van der Waals surface area contributed by atoms with E-state index < -0.39 is 5.54 Å². The molecule has 0 spiro atoms. The Morgan fingerprint density at radius 1 is 1.05 bits per heavy atom. The van der Waals surface area contributed by atoms with Gasteiger partial charge in [-0.25, -0.2) is 4.79 Å². The van der Waals surface area contributed by atoms with Gasteiger partial charge in [-0.05, 0) is 37.1 Å². The number of benzene rings is 2. The van der Waals surface area contributed by atoms with Crippen LogP contribution in [0.2, 0.25) is 0 Å². The van der Waals surface area contributed by atoms with E-state index in [2.05, 4.69) is 10.6 Å². The summed E-state index contributed by atoms with van der Waals surface area (Å²) in [5.74, 6) is 0. The van der Waals surface area contributed by atoms with Gasteiger partial charge in [0.15, 0.2) is 0 Å². The minimum Gasteiger partial charge on any atom is -0.392 e. The fourth-order valence-electron chi connectivity index (χ4n) is 2.07. The second-order valence-corrected chi connectivity index (χ2v) is 5.43. The molecule has 4 nitrogen and oxygen atoms in total. The van der Waals surface area contributed by atoms with E-state index >= 15 is 0 Å². The predicted octanol–water partition coefficient (Wildman–Crippen LogP) is 3.24. The third kappa shape index (κ3) is 4.07. The van der Waals surface area contributed by atoms with Gasteiger partial charge in [0, 0.05) is 5.69 Å².